The lowest BCUT2D eigenvalue weighted by Gasteiger charge is -2.09. The Balaban J connectivity index is 1.42. The van der Waals surface area contributed by atoms with Crippen molar-refractivity contribution in [2.45, 2.75) is 84.1 Å². The first-order valence-corrected chi connectivity index (χ1v) is 11.4. The Morgan fingerprint density at radius 3 is 1.86 bits per heavy atom. The summed E-state index contributed by atoms with van der Waals surface area (Å²) in [5, 5.41) is 19.7. The molecule has 2 aromatic carbocycles. The highest BCUT2D eigenvalue weighted by atomic mass is 16.3. The maximum Gasteiger partial charge on any atom is 0.123 e. The number of phenolic OH excluding ortho intramolecular Hbond substituents is 1. The van der Waals surface area contributed by atoms with Crippen LogP contribution < -0.4 is 0 Å². The molecule has 1 aromatic heterocycles. The number of aromatic nitrogens is 3. The quantitative estimate of drug-likeness (QED) is 0.331. The molecule has 0 aliphatic heterocycles. The van der Waals surface area contributed by atoms with E-state index in [1.807, 2.05) is 42.5 Å². The average molecular weight is 394 g/mol. The summed E-state index contributed by atoms with van der Waals surface area (Å²) < 4.78 is 0. The lowest BCUT2D eigenvalue weighted by molar-refractivity contribution is 0.451. The normalized spacial score (nSPS) is 11.3. The number of para-hydroxylation sites is 1. The molecule has 0 aliphatic rings. The molecule has 0 bridgehead atoms. The molecule has 0 saturated carbocycles. The first kappa shape index (κ1) is 21.4. The summed E-state index contributed by atoms with van der Waals surface area (Å²) in [6, 6.07) is 13.9. The molecule has 29 heavy (non-hydrogen) atoms. The fourth-order valence-electron chi connectivity index (χ4n) is 3.90. The molecule has 0 amide bonds. The van der Waals surface area contributed by atoms with Crippen molar-refractivity contribution in [1.82, 2.24) is 15.0 Å². The number of fused-ring (bicyclic) bond motifs is 1. The molecule has 0 saturated heterocycles. The van der Waals surface area contributed by atoms with E-state index in [2.05, 4.69) is 17.1 Å². The van der Waals surface area contributed by atoms with E-state index in [9.17, 15) is 5.11 Å². The lowest BCUT2D eigenvalue weighted by atomic mass is 10.0. The Kier molecular flexibility index (Phi) is 8.54. The van der Waals surface area contributed by atoms with E-state index in [4.69, 9.17) is 0 Å². The highest BCUT2D eigenvalue weighted by Crippen LogP contribution is 2.25. The largest absolute Gasteiger partial charge is 0.507 e. The van der Waals surface area contributed by atoms with Crippen LogP contribution in [0, 0.1) is 0 Å². The van der Waals surface area contributed by atoms with Crippen molar-refractivity contribution in [3.63, 3.8) is 0 Å². The van der Waals surface area contributed by atoms with Crippen molar-refractivity contribution in [2.75, 3.05) is 0 Å². The van der Waals surface area contributed by atoms with Crippen molar-refractivity contribution in [2.24, 2.45) is 0 Å². The number of unbranched alkanes of at least 4 members (excludes halogenated alkanes) is 9. The van der Waals surface area contributed by atoms with E-state index in [0.29, 0.717) is 12.3 Å². The van der Waals surface area contributed by atoms with Crippen LogP contribution in [0.2, 0.25) is 0 Å². The van der Waals surface area contributed by atoms with Gasteiger partial charge in [-0.05, 0) is 30.5 Å². The van der Waals surface area contributed by atoms with Crippen LogP contribution in [0.3, 0.4) is 0 Å². The van der Waals surface area contributed by atoms with E-state index in [-0.39, 0.29) is 0 Å². The molecule has 4 nitrogen and oxygen atoms in total. The molecule has 0 fully saturated rings. The highest BCUT2D eigenvalue weighted by Gasteiger charge is 2.09. The first-order chi connectivity index (χ1) is 14.3. The minimum Gasteiger partial charge on any atom is -0.507 e. The van der Waals surface area contributed by atoms with E-state index < -0.39 is 0 Å². The van der Waals surface area contributed by atoms with Crippen molar-refractivity contribution in [3.05, 3.63) is 53.6 Å². The number of aryl methyl sites for hydroxylation is 1. The van der Waals surface area contributed by atoms with Crippen LogP contribution in [0.25, 0.3) is 11.0 Å². The molecular weight excluding hydrogens is 358 g/mol. The SMILES string of the molecule is CCCCCCCCCCCCc1cccc(Cn2nc3ccccc3n2)c1O. The summed E-state index contributed by atoms with van der Waals surface area (Å²) in [5.74, 6) is 0.407. The summed E-state index contributed by atoms with van der Waals surface area (Å²) in [6.07, 6.45) is 14.2. The number of aromatic hydroxyl groups is 1. The fraction of sp³-hybridized carbons (Fsp3) is 0.520. The number of benzene rings is 2. The van der Waals surface area contributed by atoms with E-state index >= 15 is 0 Å². The van der Waals surface area contributed by atoms with Gasteiger partial charge in [0.05, 0.1) is 6.54 Å². The van der Waals surface area contributed by atoms with Gasteiger partial charge in [-0.1, -0.05) is 95.0 Å². The minimum atomic E-state index is 0.407. The molecule has 1 heterocycles. The third-order valence-corrected chi connectivity index (χ3v) is 5.64. The summed E-state index contributed by atoms with van der Waals surface area (Å²) >= 11 is 0. The summed E-state index contributed by atoms with van der Waals surface area (Å²) in [7, 11) is 0. The van der Waals surface area contributed by atoms with Gasteiger partial charge in [0, 0.05) is 5.56 Å². The Labute approximate surface area is 175 Å². The van der Waals surface area contributed by atoms with Crippen LogP contribution in [0.4, 0.5) is 0 Å². The molecule has 1 N–H and O–H groups in total. The van der Waals surface area contributed by atoms with Gasteiger partial charge in [-0.2, -0.15) is 15.0 Å². The third-order valence-electron chi connectivity index (χ3n) is 5.64. The lowest BCUT2D eigenvalue weighted by Crippen LogP contribution is -2.04. The Morgan fingerprint density at radius 2 is 1.24 bits per heavy atom. The van der Waals surface area contributed by atoms with Crippen molar-refractivity contribution in [3.8, 4) is 5.75 Å². The van der Waals surface area contributed by atoms with Gasteiger partial charge in [0.2, 0.25) is 0 Å². The van der Waals surface area contributed by atoms with Crippen LogP contribution in [0.15, 0.2) is 42.5 Å². The molecule has 0 atom stereocenters. The van der Waals surface area contributed by atoms with Crippen LogP contribution in [-0.4, -0.2) is 20.1 Å². The number of rotatable bonds is 13. The molecular formula is C25H35N3O. The zero-order chi connectivity index (χ0) is 20.3. The van der Waals surface area contributed by atoms with Gasteiger partial charge in [-0.3, -0.25) is 0 Å². The Morgan fingerprint density at radius 1 is 0.690 bits per heavy atom. The topological polar surface area (TPSA) is 50.9 Å². The summed E-state index contributed by atoms with van der Waals surface area (Å²) in [4.78, 5) is 1.67. The molecule has 0 unspecified atom stereocenters. The van der Waals surface area contributed by atoms with Crippen molar-refractivity contribution < 1.29 is 5.11 Å². The second-order valence-electron chi connectivity index (χ2n) is 8.08. The molecule has 0 aliphatic carbocycles. The maximum atomic E-state index is 10.7. The number of hydrogen-bond donors (Lipinski definition) is 1. The Bertz CT molecular complexity index is 838. The van der Waals surface area contributed by atoms with E-state index in [1.54, 1.807) is 4.80 Å². The zero-order valence-electron chi connectivity index (χ0n) is 17.8. The highest BCUT2D eigenvalue weighted by molar-refractivity contribution is 5.73. The second kappa shape index (κ2) is 11.6. The third kappa shape index (κ3) is 6.59. The van der Waals surface area contributed by atoms with E-state index in [0.717, 1.165) is 35.0 Å². The monoisotopic (exact) mass is 393 g/mol. The number of hydrogen-bond acceptors (Lipinski definition) is 3. The second-order valence-corrected chi connectivity index (χ2v) is 8.08. The standard InChI is InChI=1S/C25H35N3O/c1-2-3-4-5-6-7-8-9-10-11-15-21-16-14-17-22(25(21)29)20-28-26-23-18-12-13-19-24(23)27-28/h12-14,16-19,29H,2-11,15,20H2,1H3. The van der Waals surface area contributed by atoms with Gasteiger partial charge in [0.15, 0.2) is 0 Å². The fourth-order valence-corrected chi connectivity index (χ4v) is 3.90. The van der Waals surface area contributed by atoms with Gasteiger partial charge < -0.3 is 5.11 Å². The van der Waals surface area contributed by atoms with E-state index in [1.165, 1.54) is 57.8 Å². The molecule has 4 heteroatoms. The predicted octanol–water partition coefficient (Wildman–Crippen LogP) is 6.65. The van der Waals surface area contributed by atoms with Gasteiger partial charge in [-0.15, -0.1) is 0 Å². The minimum absolute atomic E-state index is 0.407. The smallest absolute Gasteiger partial charge is 0.123 e. The Hall–Kier alpha value is -2.36. The molecule has 3 aromatic rings. The molecule has 0 radical (unpaired) electrons. The van der Waals surface area contributed by atoms with Gasteiger partial charge in [0.25, 0.3) is 0 Å². The summed E-state index contributed by atoms with van der Waals surface area (Å²) in [5.41, 5.74) is 3.69. The van der Waals surface area contributed by atoms with Gasteiger partial charge in [-0.25, -0.2) is 0 Å². The van der Waals surface area contributed by atoms with Crippen LogP contribution in [-0.2, 0) is 13.0 Å². The molecule has 156 valence electrons. The van der Waals surface area contributed by atoms with Crippen LogP contribution >= 0.6 is 0 Å². The van der Waals surface area contributed by atoms with Gasteiger partial charge >= 0.3 is 0 Å². The average Bonchev–Trinajstić information content (AvgIpc) is 3.14. The molecule has 3 rings (SSSR count). The maximum absolute atomic E-state index is 10.7. The predicted molar refractivity (Wildman–Crippen MR) is 120 cm³/mol. The van der Waals surface area contributed by atoms with Crippen LogP contribution in [0.1, 0.15) is 82.3 Å². The van der Waals surface area contributed by atoms with Crippen molar-refractivity contribution in [1.29, 1.82) is 0 Å². The number of phenols is 1. The zero-order valence-corrected chi connectivity index (χ0v) is 17.8. The first-order valence-electron chi connectivity index (χ1n) is 11.4. The number of nitrogens with zero attached hydrogens (tertiary/aromatic N) is 3. The van der Waals surface area contributed by atoms with Gasteiger partial charge in [0.1, 0.15) is 16.8 Å². The van der Waals surface area contributed by atoms with Crippen LogP contribution in [0.5, 0.6) is 5.75 Å². The molecule has 0 spiro atoms. The van der Waals surface area contributed by atoms with Crippen molar-refractivity contribution >= 4 is 11.0 Å². The summed E-state index contributed by atoms with van der Waals surface area (Å²) in [6.45, 7) is 2.76.